The third-order valence-electron chi connectivity index (χ3n) is 2.15. The topological polar surface area (TPSA) is 51.6 Å². The summed E-state index contributed by atoms with van der Waals surface area (Å²) in [4.78, 5) is 14.7. The molecule has 0 aromatic carbocycles. The lowest BCUT2D eigenvalue weighted by Gasteiger charge is -2.08. The Morgan fingerprint density at radius 3 is 2.25 bits per heavy atom. The average Bonchev–Trinajstić information content (AvgIpc) is 2.17. The van der Waals surface area contributed by atoms with Crippen LogP contribution in [0.4, 0.5) is 13.2 Å². The standard InChI is InChI=1S/C9H7F3N4/c1-4-5(2)16-8-6(15-4)7(9(10,11)12)13-3-14-8/h3H,1-2H3. The molecule has 0 radical (unpaired) electrons. The summed E-state index contributed by atoms with van der Waals surface area (Å²) < 4.78 is 37.8. The van der Waals surface area contributed by atoms with E-state index in [-0.39, 0.29) is 11.2 Å². The lowest BCUT2D eigenvalue weighted by atomic mass is 10.3. The lowest BCUT2D eigenvalue weighted by molar-refractivity contribution is -0.140. The van der Waals surface area contributed by atoms with Crippen molar-refractivity contribution in [2.45, 2.75) is 20.0 Å². The number of aromatic nitrogens is 4. The van der Waals surface area contributed by atoms with Gasteiger partial charge >= 0.3 is 6.18 Å². The number of hydrogen-bond donors (Lipinski definition) is 0. The smallest absolute Gasteiger partial charge is 0.246 e. The maximum Gasteiger partial charge on any atom is 0.435 e. The largest absolute Gasteiger partial charge is 0.435 e. The minimum Gasteiger partial charge on any atom is -0.246 e. The van der Waals surface area contributed by atoms with Crippen molar-refractivity contribution in [3.63, 3.8) is 0 Å². The highest BCUT2D eigenvalue weighted by molar-refractivity contribution is 5.72. The summed E-state index contributed by atoms with van der Waals surface area (Å²) in [6.07, 6.45) is -3.70. The molecule has 0 saturated heterocycles. The van der Waals surface area contributed by atoms with Gasteiger partial charge in [0.2, 0.25) is 0 Å². The lowest BCUT2D eigenvalue weighted by Crippen LogP contribution is -2.11. The molecule has 0 atom stereocenters. The molecule has 0 N–H and O–H groups in total. The summed E-state index contributed by atoms with van der Waals surface area (Å²) in [5.41, 5.74) is -0.399. The molecule has 2 aromatic rings. The van der Waals surface area contributed by atoms with Crippen LogP contribution in [0.1, 0.15) is 17.1 Å². The Labute approximate surface area is 88.6 Å². The fourth-order valence-electron chi connectivity index (χ4n) is 1.25. The van der Waals surface area contributed by atoms with E-state index in [2.05, 4.69) is 19.9 Å². The van der Waals surface area contributed by atoms with Crippen LogP contribution in [0.3, 0.4) is 0 Å². The van der Waals surface area contributed by atoms with Gasteiger partial charge in [-0.05, 0) is 13.8 Å². The Kier molecular flexibility index (Phi) is 2.25. The Hall–Kier alpha value is -1.79. The Morgan fingerprint density at radius 2 is 1.62 bits per heavy atom. The molecule has 2 heterocycles. The van der Waals surface area contributed by atoms with Crippen LogP contribution in [0, 0.1) is 13.8 Å². The number of fused-ring (bicyclic) bond motifs is 1. The summed E-state index contributed by atoms with van der Waals surface area (Å²) in [6.45, 7) is 3.26. The second kappa shape index (κ2) is 3.36. The summed E-state index contributed by atoms with van der Waals surface area (Å²) in [5.74, 6) is 0. The summed E-state index contributed by atoms with van der Waals surface area (Å²) in [7, 11) is 0. The number of alkyl halides is 3. The molecule has 0 bridgehead atoms. The second-order valence-electron chi connectivity index (χ2n) is 3.29. The molecule has 2 rings (SSSR count). The molecule has 0 fully saturated rings. The quantitative estimate of drug-likeness (QED) is 0.692. The Bertz CT molecular complexity index is 550. The summed E-state index contributed by atoms with van der Waals surface area (Å²) in [6, 6.07) is 0. The minimum atomic E-state index is -4.54. The van der Waals surface area contributed by atoms with Crippen molar-refractivity contribution in [1.82, 2.24) is 19.9 Å². The fourth-order valence-corrected chi connectivity index (χ4v) is 1.25. The minimum absolute atomic E-state index is 0.0366. The number of hydrogen-bond acceptors (Lipinski definition) is 4. The molecule has 0 aliphatic carbocycles. The Balaban J connectivity index is 2.82. The zero-order valence-electron chi connectivity index (χ0n) is 8.50. The summed E-state index contributed by atoms with van der Waals surface area (Å²) in [5, 5.41) is 0. The maximum absolute atomic E-state index is 12.6. The van der Waals surface area contributed by atoms with E-state index in [1.54, 1.807) is 13.8 Å². The van der Waals surface area contributed by atoms with E-state index in [4.69, 9.17) is 0 Å². The normalized spacial score (nSPS) is 12.1. The third-order valence-corrected chi connectivity index (χ3v) is 2.15. The van der Waals surface area contributed by atoms with E-state index in [1.807, 2.05) is 0 Å². The van der Waals surface area contributed by atoms with Crippen LogP contribution in [0.5, 0.6) is 0 Å². The molecule has 0 saturated carbocycles. The second-order valence-corrected chi connectivity index (χ2v) is 3.29. The highest BCUT2D eigenvalue weighted by Gasteiger charge is 2.36. The van der Waals surface area contributed by atoms with E-state index in [1.165, 1.54) is 0 Å². The molecule has 0 unspecified atom stereocenters. The van der Waals surface area contributed by atoms with Gasteiger partial charge in [-0.15, -0.1) is 0 Å². The van der Waals surface area contributed by atoms with Gasteiger partial charge in [-0.2, -0.15) is 13.2 Å². The van der Waals surface area contributed by atoms with Gasteiger partial charge in [0.05, 0.1) is 11.4 Å². The van der Waals surface area contributed by atoms with Gasteiger partial charge in [-0.3, -0.25) is 0 Å². The van der Waals surface area contributed by atoms with Crippen LogP contribution in [0.2, 0.25) is 0 Å². The fraction of sp³-hybridized carbons (Fsp3) is 0.333. The predicted octanol–water partition coefficient (Wildman–Crippen LogP) is 2.06. The van der Waals surface area contributed by atoms with Gasteiger partial charge in [0, 0.05) is 0 Å². The van der Waals surface area contributed by atoms with Crippen LogP contribution in [0.25, 0.3) is 11.2 Å². The molecule has 84 valence electrons. The maximum atomic E-state index is 12.6. The van der Waals surface area contributed by atoms with Gasteiger partial charge in [-0.1, -0.05) is 0 Å². The predicted molar refractivity (Wildman–Crippen MR) is 49.6 cm³/mol. The molecule has 0 amide bonds. The number of halogens is 3. The zero-order chi connectivity index (χ0) is 11.9. The molecule has 4 nitrogen and oxygen atoms in total. The highest BCUT2D eigenvalue weighted by Crippen LogP contribution is 2.31. The van der Waals surface area contributed by atoms with Crippen molar-refractivity contribution >= 4 is 11.2 Å². The first-order valence-corrected chi connectivity index (χ1v) is 4.42. The van der Waals surface area contributed by atoms with Gasteiger partial charge in [0.25, 0.3) is 0 Å². The first-order valence-electron chi connectivity index (χ1n) is 4.42. The molecule has 0 spiro atoms. The molecule has 16 heavy (non-hydrogen) atoms. The Morgan fingerprint density at radius 1 is 1.00 bits per heavy atom. The van der Waals surface area contributed by atoms with E-state index in [9.17, 15) is 13.2 Å². The molecule has 2 aromatic heterocycles. The van der Waals surface area contributed by atoms with Gasteiger partial charge in [-0.25, -0.2) is 19.9 Å². The average molecular weight is 228 g/mol. The zero-order valence-corrected chi connectivity index (χ0v) is 8.50. The van der Waals surface area contributed by atoms with E-state index in [0.717, 1.165) is 6.33 Å². The third kappa shape index (κ3) is 1.68. The molecule has 0 aliphatic heterocycles. The highest BCUT2D eigenvalue weighted by atomic mass is 19.4. The van der Waals surface area contributed by atoms with Crippen molar-refractivity contribution in [3.05, 3.63) is 23.4 Å². The van der Waals surface area contributed by atoms with Gasteiger partial charge < -0.3 is 0 Å². The van der Waals surface area contributed by atoms with Crippen LogP contribution < -0.4 is 0 Å². The van der Waals surface area contributed by atoms with Crippen LogP contribution in [0.15, 0.2) is 6.33 Å². The molecular weight excluding hydrogens is 221 g/mol. The van der Waals surface area contributed by atoms with E-state index < -0.39 is 11.9 Å². The molecule has 7 heteroatoms. The van der Waals surface area contributed by atoms with Gasteiger partial charge in [0.15, 0.2) is 11.3 Å². The van der Waals surface area contributed by atoms with Crippen LogP contribution in [-0.2, 0) is 6.18 Å². The van der Waals surface area contributed by atoms with E-state index >= 15 is 0 Å². The van der Waals surface area contributed by atoms with Crippen molar-refractivity contribution in [3.8, 4) is 0 Å². The number of nitrogens with zero attached hydrogens (tertiary/aromatic N) is 4. The SMILES string of the molecule is Cc1nc2ncnc(C(F)(F)F)c2nc1C. The van der Waals surface area contributed by atoms with E-state index in [0.29, 0.717) is 11.4 Å². The monoisotopic (exact) mass is 228 g/mol. The first-order chi connectivity index (χ1) is 7.39. The number of rotatable bonds is 0. The van der Waals surface area contributed by atoms with Crippen molar-refractivity contribution in [2.75, 3.05) is 0 Å². The van der Waals surface area contributed by atoms with Crippen LogP contribution in [-0.4, -0.2) is 19.9 Å². The van der Waals surface area contributed by atoms with Crippen molar-refractivity contribution in [1.29, 1.82) is 0 Å². The first kappa shape index (κ1) is 10.7. The van der Waals surface area contributed by atoms with Gasteiger partial charge in [0.1, 0.15) is 11.8 Å². The molecule has 0 aliphatic rings. The number of aryl methyl sites for hydroxylation is 2. The van der Waals surface area contributed by atoms with Crippen molar-refractivity contribution in [2.24, 2.45) is 0 Å². The van der Waals surface area contributed by atoms with Crippen molar-refractivity contribution < 1.29 is 13.2 Å². The molecular formula is C9H7F3N4. The summed E-state index contributed by atoms with van der Waals surface area (Å²) >= 11 is 0. The van der Waals surface area contributed by atoms with Crippen LogP contribution >= 0.6 is 0 Å².